The van der Waals surface area contributed by atoms with Crippen LogP contribution in [0.5, 0.6) is 0 Å². The third kappa shape index (κ3) is 3.87. The molecule has 0 aliphatic carbocycles. The van der Waals surface area contributed by atoms with Crippen LogP contribution in [-0.2, 0) is 11.3 Å². The van der Waals surface area contributed by atoms with E-state index in [0.717, 1.165) is 25.2 Å². The first kappa shape index (κ1) is 15.5. The van der Waals surface area contributed by atoms with Gasteiger partial charge in [-0.25, -0.2) is 0 Å². The van der Waals surface area contributed by atoms with Crippen LogP contribution in [0.1, 0.15) is 17.2 Å². The Balaban J connectivity index is 1.63. The van der Waals surface area contributed by atoms with Gasteiger partial charge in [0.25, 0.3) is 0 Å². The van der Waals surface area contributed by atoms with E-state index in [1.165, 1.54) is 5.56 Å². The quantitative estimate of drug-likeness (QED) is 0.939. The van der Waals surface area contributed by atoms with Gasteiger partial charge in [0.1, 0.15) is 12.2 Å². The Labute approximate surface area is 136 Å². The Morgan fingerprint density at radius 1 is 1.14 bits per heavy atom. The number of ether oxygens (including phenoxy) is 1. The molecule has 0 amide bonds. The van der Waals surface area contributed by atoms with Gasteiger partial charge in [0.05, 0.1) is 6.61 Å². The zero-order chi connectivity index (χ0) is 15.4. The molecule has 2 aromatic rings. The second-order valence-electron chi connectivity index (χ2n) is 5.63. The minimum Gasteiger partial charge on any atom is -0.386 e. The molecule has 2 aromatic carbocycles. The number of halogens is 1. The lowest BCUT2D eigenvalue weighted by Gasteiger charge is -2.35. The summed E-state index contributed by atoms with van der Waals surface area (Å²) >= 11 is 5.89. The van der Waals surface area contributed by atoms with Gasteiger partial charge < -0.3 is 9.84 Å². The number of nitrogens with zero attached hydrogens (tertiary/aromatic N) is 1. The predicted octanol–water partition coefficient (Wildman–Crippen LogP) is 3.27. The second kappa shape index (κ2) is 7.25. The maximum atomic E-state index is 10.5. The number of hydrogen-bond acceptors (Lipinski definition) is 3. The van der Waals surface area contributed by atoms with Crippen molar-refractivity contribution in [3.05, 3.63) is 70.7 Å². The molecule has 3 rings (SSSR count). The lowest BCUT2D eigenvalue weighted by molar-refractivity contribution is -0.0918. The monoisotopic (exact) mass is 317 g/mol. The first-order valence-corrected chi connectivity index (χ1v) is 7.91. The molecule has 2 atom stereocenters. The highest BCUT2D eigenvalue weighted by Gasteiger charge is 2.27. The van der Waals surface area contributed by atoms with Crippen LogP contribution in [-0.4, -0.2) is 35.8 Å². The van der Waals surface area contributed by atoms with E-state index < -0.39 is 6.10 Å². The molecule has 0 saturated carbocycles. The third-order valence-corrected chi connectivity index (χ3v) is 4.24. The Kier molecular flexibility index (Phi) is 5.11. The summed E-state index contributed by atoms with van der Waals surface area (Å²) in [5.41, 5.74) is 2.13. The molecule has 1 saturated heterocycles. The largest absolute Gasteiger partial charge is 0.386 e. The molecule has 1 heterocycles. The van der Waals surface area contributed by atoms with E-state index in [1.54, 1.807) is 12.1 Å². The van der Waals surface area contributed by atoms with Crippen LogP contribution in [0.3, 0.4) is 0 Å². The lowest BCUT2D eigenvalue weighted by atomic mass is 10.0. The van der Waals surface area contributed by atoms with E-state index in [0.29, 0.717) is 11.6 Å². The fourth-order valence-electron chi connectivity index (χ4n) is 2.78. The smallest absolute Gasteiger partial charge is 0.106 e. The third-order valence-electron chi connectivity index (χ3n) is 3.99. The van der Waals surface area contributed by atoms with Gasteiger partial charge in [0.2, 0.25) is 0 Å². The normalized spacial score (nSPS) is 20.7. The Morgan fingerprint density at radius 3 is 2.59 bits per heavy atom. The highest BCUT2D eigenvalue weighted by atomic mass is 35.5. The number of aliphatic hydroxyl groups excluding tert-OH is 1. The lowest BCUT2D eigenvalue weighted by Crippen LogP contribution is -2.44. The minimum atomic E-state index is -0.629. The number of morpholine rings is 1. The van der Waals surface area contributed by atoms with E-state index in [2.05, 4.69) is 29.2 Å². The summed E-state index contributed by atoms with van der Waals surface area (Å²) in [6, 6.07) is 17.7. The molecular weight excluding hydrogens is 298 g/mol. The van der Waals surface area contributed by atoms with Crippen molar-refractivity contribution >= 4 is 11.6 Å². The molecule has 4 heteroatoms. The van der Waals surface area contributed by atoms with Gasteiger partial charge in [0, 0.05) is 24.7 Å². The molecule has 1 fully saturated rings. The maximum Gasteiger partial charge on any atom is 0.106 e. The van der Waals surface area contributed by atoms with E-state index >= 15 is 0 Å². The summed E-state index contributed by atoms with van der Waals surface area (Å²) in [5, 5.41) is 11.2. The molecule has 0 radical (unpaired) electrons. The summed E-state index contributed by atoms with van der Waals surface area (Å²) in [4.78, 5) is 2.32. The van der Waals surface area contributed by atoms with Crippen LogP contribution < -0.4 is 0 Å². The van der Waals surface area contributed by atoms with Crippen molar-refractivity contribution in [2.24, 2.45) is 0 Å². The molecule has 0 bridgehead atoms. The van der Waals surface area contributed by atoms with Crippen molar-refractivity contribution in [2.45, 2.75) is 18.8 Å². The average molecular weight is 318 g/mol. The van der Waals surface area contributed by atoms with Crippen LogP contribution in [0.4, 0.5) is 0 Å². The molecule has 1 N–H and O–H groups in total. The van der Waals surface area contributed by atoms with E-state index in [4.69, 9.17) is 16.3 Å². The highest BCUT2D eigenvalue weighted by Crippen LogP contribution is 2.24. The zero-order valence-electron chi connectivity index (χ0n) is 12.4. The topological polar surface area (TPSA) is 32.7 Å². The Hall–Kier alpha value is -1.39. The standard InChI is InChI=1S/C18H20ClNO2/c19-16-8-6-15(7-9-16)18(21)17-13-20(10-11-22-17)12-14-4-2-1-3-5-14/h1-9,17-18,21H,10-13H2/t17-,18?/m1/s1. The molecule has 1 unspecified atom stereocenters. The first-order chi connectivity index (χ1) is 10.7. The van der Waals surface area contributed by atoms with Gasteiger partial charge in [-0.15, -0.1) is 0 Å². The first-order valence-electron chi connectivity index (χ1n) is 7.54. The number of rotatable bonds is 4. The van der Waals surface area contributed by atoms with Crippen LogP contribution in [0.25, 0.3) is 0 Å². The van der Waals surface area contributed by atoms with E-state index in [9.17, 15) is 5.11 Å². The fraction of sp³-hybridized carbons (Fsp3) is 0.333. The van der Waals surface area contributed by atoms with Gasteiger partial charge in [0.15, 0.2) is 0 Å². The predicted molar refractivity (Wildman–Crippen MR) is 87.9 cm³/mol. The van der Waals surface area contributed by atoms with E-state index in [-0.39, 0.29) is 6.10 Å². The Bertz CT molecular complexity index is 588. The zero-order valence-corrected chi connectivity index (χ0v) is 13.1. The molecule has 1 aliphatic heterocycles. The number of hydrogen-bond donors (Lipinski definition) is 1. The molecule has 3 nitrogen and oxygen atoms in total. The summed E-state index contributed by atoms with van der Waals surface area (Å²) in [6.07, 6.45) is -0.838. The summed E-state index contributed by atoms with van der Waals surface area (Å²) in [7, 11) is 0. The summed E-state index contributed by atoms with van der Waals surface area (Å²) in [6.45, 7) is 3.13. The number of benzene rings is 2. The summed E-state index contributed by atoms with van der Waals surface area (Å²) in [5.74, 6) is 0. The van der Waals surface area contributed by atoms with Crippen molar-refractivity contribution < 1.29 is 9.84 Å². The fourth-order valence-corrected chi connectivity index (χ4v) is 2.91. The Morgan fingerprint density at radius 2 is 1.86 bits per heavy atom. The minimum absolute atomic E-state index is 0.210. The molecule has 0 aromatic heterocycles. The maximum absolute atomic E-state index is 10.5. The number of aliphatic hydroxyl groups is 1. The van der Waals surface area contributed by atoms with Gasteiger partial charge in [-0.1, -0.05) is 54.1 Å². The van der Waals surface area contributed by atoms with Crippen LogP contribution in [0, 0.1) is 0 Å². The van der Waals surface area contributed by atoms with Crippen molar-refractivity contribution in [2.75, 3.05) is 19.7 Å². The van der Waals surface area contributed by atoms with E-state index in [1.807, 2.05) is 18.2 Å². The second-order valence-corrected chi connectivity index (χ2v) is 6.06. The molecule has 0 spiro atoms. The van der Waals surface area contributed by atoms with Crippen molar-refractivity contribution in [3.8, 4) is 0 Å². The van der Waals surface area contributed by atoms with Crippen molar-refractivity contribution in [3.63, 3.8) is 0 Å². The average Bonchev–Trinajstić information content (AvgIpc) is 2.56. The molecular formula is C18H20ClNO2. The molecule has 1 aliphatic rings. The SMILES string of the molecule is OC(c1ccc(Cl)cc1)[C@H]1CN(Cc2ccccc2)CCO1. The van der Waals surface area contributed by atoms with Crippen LogP contribution in [0.15, 0.2) is 54.6 Å². The van der Waals surface area contributed by atoms with Crippen molar-refractivity contribution in [1.29, 1.82) is 0 Å². The van der Waals surface area contributed by atoms with Gasteiger partial charge in [-0.05, 0) is 23.3 Å². The van der Waals surface area contributed by atoms with Crippen molar-refractivity contribution in [1.82, 2.24) is 4.90 Å². The molecule has 116 valence electrons. The van der Waals surface area contributed by atoms with Gasteiger partial charge in [-0.3, -0.25) is 4.90 Å². The molecule has 22 heavy (non-hydrogen) atoms. The highest BCUT2D eigenvalue weighted by molar-refractivity contribution is 6.30. The van der Waals surface area contributed by atoms with Crippen LogP contribution >= 0.6 is 11.6 Å². The summed E-state index contributed by atoms with van der Waals surface area (Å²) < 4.78 is 5.77. The van der Waals surface area contributed by atoms with Crippen LogP contribution in [0.2, 0.25) is 5.02 Å². The van der Waals surface area contributed by atoms with Gasteiger partial charge in [-0.2, -0.15) is 0 Å². The van der Waals surface area contributed by atoms with Gasteiger partial charge >= 0.3 is 0 Å².